The highest BCUT2D eigenvalue weighted by Crippen LogP contribution is 2.38. The molecule has 0 unspecified atom stereocenters. The number of carbonyl (C=O) groups is 1. The molecular formula is C26H31FN4O2S. The number of amides is 1. The monoisotopic (exact) mass is 482 g/mol. The Hall–Kier alpha value is -2.58. The van der Waals surface area contributed by atoms with E-state index in [4.69, 9.17) is 14.8 Å². The molecule has 3 heterocycles. The number of nitrogens with zero attached hydrogens (tertiary/aromatic N) is 3. The average molecular weight is 483 g/mol. The lowest BCUT2D eigenvalue weighted by atomic mass is 9.95. The van der Waals surface area contributed by atoms with Crippen molar-refractivity contribution >= 4 is 17.2 Å². The summed E-state index contributed by atoms with van der Waals surface area (Å²) in [7, 11) is 0. The smallest absolute Gasteiger partial charge is 0.226 e. The Morgan fingerprint density at radius 1 is 1.12 bits per heavy atom. The molecule has 1 N–H and O–H groups in total. The Balaban J connectivity index is 1.34. The predicted octanol–water partition coefficient (Wildman–Crippen LogP) is 5.40. The van der Waals surface area contributed by atoms with Crippen molar-refractivity contribution in [3.05, 3.63) is 47.4 Å². The summed E-state index contributed by atoms with van der Waals surface area (Å²) in [6, 6.07) is 6.96. The third kappa shape index (κ3) is 5.39. The van der Waals surface area contributed by atoms with Gasteiger partial charge in [-0.1, -0.05) is 19.3 Å². The maximum atomic E-state index is 13.6. The van der Waals surface area contributed by atoms with Crippen LogP contribution in [0.2, 0.25) is 0 Å². The zero-order chi connectivity index (χ0) is 23.3. The van der Waals surface area contributed by atoms with Gasteiger partial charge in [0.25, 0.3) is 0 Å². The van der Waals surface area contributed by atoms with E-state index >= 15 is 0 Å². The minimum Gasteiger partial charge on any atom is -0.381 e. The number of benzene rings is 1. The van der Waals surface area contributed by atoms with Crippen LogP contribution in [0.4, 0.5) is 4.39 Å². The molecule has 0 bridgehead atoms. The van der Waals surface area contributed by atoms with E-state index in [0.717, 1.165) is 66.4 Å². The normalized spacial score (nSPS) is 17.7. The lowest BCUT2D eigenvalue weighted by molar-refractivity contribution is -0.120. The maximum Gasteiger partial charge on any atom is 0.226 e. The zero-order valence-corrected chi connectivity index (χ0v) is 20.2. The Kier molecular flexibility index (Phi) is 7.35. The van der Waals surface area contributed by atoms with Crippen molar-refractivity contribution in [2.45, 2.75) is 57.4 Å². The van der Waals surface area contributed by atoms with Crippen LogP contribution in [-0.4, -0.2) is 40.4 Å². The van der Waals surface area contributed by atoms with Gasteiger partial charge < -0.3 is 10.1 Å². The van der Waals surface area contributed by atoms with Crippen LogP contribution in [0, 0.1) is 11.7 Å². The summed E-state index contributed by atoms with van der Waals surface area (Å²) in [4.78, 5) is 17.3. The van der Waals surface area contributed by atoms with E-state index in [-0.39, 0.29) is 18.1 Å². The molecule has 1 aliphatic heterocycles. The number of carbonyl (C=O) groups excluding carboxylic acids is 1. The lowest BCUT2D eigenvalue weighted by Gasteiger charge is -2.24. The molecule has 2 fully saturated rings. The van der Waals surface area contributed by atoms with Gasteiger partial charge in [-0.05, 0) is 55.9 Å². The molecule has 1 saturated heterocycles. The number of nitrogens with one attached hydrogen (secondary N) is 1. The molecule has 3 aromatic rings. The summed E-state index contributed by atoms with van der Waals surface area (Å²) < 4.78 is 21.1. The van der Waals surface area contributed by atoms with Gasteiger partial charge in [0.05, 0.1) is 35.6 Å². The van der Waals surface area contributed by atoms with E-state index in [1.807, 2.05) is 23.7 Å². The summed E-state index contributed by atoms with van der Waals surface area (Å²) in [5, 5.41) is 10.6. The van der Waals surface area contributed by atoms with Gasteiger partial charge in [-0.25, -0.2) is 9.37 Å². The van der Waals surface area contributed by atoms with Gasteiger partial charge in [0.1, 0.15) is 10.8 Å². The van der Waals surface area contributed by atoms with Crippen LogP contribution in [-0.2, 0) is 16.0 Å². The standard InChI is InChI=1S/C26H31FN4O2S/c27-20-8-6-19(7-9-20)25-23(16-29-31(25)22-4-2-1-3-5-22)26-30-21(17-34-26)14-24(32)28-15-18-10-12-33-13-11-18/h6-9,16-18,22H,1-5,10-15H2,(H,28,32). The zero-order valence-electron chi connectivity index (χ0n) is 19.3. The molecule has 2 aromatic heterocycles. The minimum atomic E-state index is -0.252. The molecule has 1 amide bonds. The first-order valence-electron chi connectivity index (χ1n) is 12.3. The Bertz CT molecular complexity index is 1100. The predicted molar refractivity (Wildman–Crippen MR) is 131 cm³/mol. The quantitative estimate of drug-likeness (QED) is 0.489. The minimum absolute atomic E-state index is 0.000000611. The Morgan fingerprint density at radius 2 is 1.88 bits per heavy atom. The van der Waals surface area contributed by atoms with Gasteiger partial charge in [0, 0.05) is 30.7 Å². The van der Waals surface area contributed by atoms with E-state index in [1.165, 1.54) is 42.7 Å². The SMILES string of the molecule is O=C(Cc1csc(-c2cnn(C3CCCCC3)c2-c2ccc(F)cc2)n1)NCC1CCOCC1. The first-order chi connectivity index (χ1) is 16.7. The van der Waals surface area contributed by atoms with E-state index < -0.39 is 0 Å². The van der Waals surface area contributed by atoms with Crippen molar-refractivity contribution in [1.29, 1.82) is 0 Å². The molecule has 6 nitrogen and oxygen atoms in total. The van der Waals surface area contributed by atoms with Gasteiger partial charge >= 0.3 is 0 Å². The molecule has 1 aliphatic carbocycles. The van der Waals surface area contributed by atoms with Crippen LogP contribution >= 0.6 is 11.3 Å². The summed E-state index contributed by atoms with van der Waals surface area (Å²) in [5.41, 5.74) is 3.62. The maximum absolute atomic E-state index is 13.6. The average Bonchev–Trinajstić information content (AvgIpc) is 3.52. The van der Waals surface area contributed by atoms with Crippen molar-refractivity contribution in [2.75, 3.05) is 19.8 Å². The number of rotatable bonds is 7. The molecule has 1 saturated carbocycles. The van der Waals surface area contributed by atoms with Crippen LogP contribution < -0.4 is 5.32 Å². The van der Waals surface area contributed by atoms with Crippen molar-refractivity contribution in [3.63, 3.8) is 0 Å². The number of aromatic nitrogens is 3. The van der Waals surface area contributed by atoms with Crippen LogP contribution in [0.5, 0.6) is 0 Å². The summed E-state index contributed by atoms with van der Waals surface area (Å²) in [6.45, 7) is 2.25. The first-order valence-corrected chi connectivity index (χ1v) is 13.2. The Labute approximate surface area is 203 Å². The lowest BCUT2D eigenvalue weighted by Crippen LogP contribution is -2.33. The molecule has 5 rings (SSSR count). The Morgan fingerprint density at radius 3 is 2.65 bits per heavy atom. The van der Waals surface area contributed by atoms with E-state index in [2.05, 4.69) is 10.00 Å². The van der Waals surface area contributed by atoms with Crippen molar-refractivity contribution < 1.29 is 13.9 Å². The van der Waals surface area contributed by atoms with E-state index in [0.29, 0.717) is 18.5 Å². The van der Waals surface area contributed by atoms with Crippen molar-refractivity contribution in [3.8, 4) is 21.8 Å². The molecule has 2 aliphatic rings. The number of ether oxygens (including phenoxy) is 1. The number of hydrogen-bond acceptors (Lipinski definition) is 5. The fraction of sp³-hybridized carbons (Fsp3) is 0.500. The summed E-state index contributed by atoms with van der Waals surface area (Å²) >= 11 is 1.53. The third-order valence-corrected chi connectivity index (χ3v) is 7.81. The third-order valence-electron chi connectivity index (χ3n) is 6.89. The van der Waals surface area contributed by atoms with Gasteiger partial charge in [-0.3, -0.25) is 9.48 Å². The molecular weight excluding hydrogens is 451 g/mol. The van der Waals surface area contributed by atoms with Crippen LogP contribution in [0.1, 0.15) is 56.7 Å². The van der Waals surface area contributed by atoms with Crippen LogP contribution in [0.25, 0.3) is 21.8 Å². The van der Waals surface area contributed by atoms with Gasteiger partial charge in [0.2, 0.25) is 5.91 Å². The topological polar surface area (TPSA) is 69.0 Å². The summed E-state index contributed by atoms with van der Waals surface area (Å²) in [5.74, 6) is 0.241. The second-order valence-electron chi connectivity index (χ2n) is 9.33. The van der Waals surface area contributed by atoms with Gasteiger partial charge in [0.15, 0.2) is 0 Å². The van der Waals surface area contributed by atoms with Crippen LogP contribution in [0.3, 0.4) is 0 Å². The highest BCUT2D eigenvalue weighted by molar-refractivity contribution is 7.13. The highest BCUT2D eigenvalue weighted by Gasteiger charge is 2.24. The largest absolute Gasteiger partial charge is 0.381 e. The fourth-order valence-corrected chi connectivity index (χ4v) is 5.79. The van der Waals surface area contributed by atoms with Crippen molar-refractivity contribution in [2.24, 2.45) is 5.92 Å². The second kappa shape index (κ2) is 10.8. The fourth-order valence-electron chi connectivity index (χ4n) is 4.96. The first kappa shape index (κ1) is 23.2. The molecule has 8 heteroatoms. The summed E-state index contributed by atoms with van der Waals surface area (Å²) in [6.07, 6.45) is 10.0. The molecule has 0 atom stereocenters. The van der Waals surface area contributed by atoms with Crippen LogP contribution in [0.15, 0.2) is 35.8 Å². The molecule has 0 radical (unpaired) electrons. The molecule has 0 spiro atoms. The second-order valence-corrected chi connectivity index (χ2v) is 10.2. The number of hydrogen-bond donors (Lipinski definition) is 1. The van der Waals surface area contributed by atoms with Gasteiger partial charge in [-0.2, -0.15) is 5.10 Å². The number of thiazole rings is 1. The molecule has 180 valence electrons. The highest BCUT2D eigenvalue weighted by atomic mass is 32.1. The molecule has 34 heavy (non-hydrogen) atoms. The number of halogens is 1. The van der Waals surface area contributed by atoms with E-state index in [9.17, 15) is 9.18 Å². The van der Waals surface area contributed by atoms with Crippen molar-refractivity contribution in [1.82, 2.24) is 20.1 Å². The van der Waals surface area contributed by atoms with E-state index in [1.54, 1.807) is 0 Å². The molecule has 1 aromatic carbocycles. The van der Waals surface area contributed by atoms with Gasteiger partial charge in [-0.15, -0.1) is 11.3 Å².